The van der Waals surface area contributed by atoms with Gasteiger partial charge in [-0.25, -0.2) is 13.4 Å². The molecule has 4 aromatic rings. The molecule has 0 aliphatic carbocycles. The Morgan fingerprint density at radius 1 is 0.879 bits per heavy atom. The van der Waals surface area contributed by atoms with Crippen LogP contribution < -0.4 is 4.72 Å². The third kappa shape index (κ3) is 5.37. The summed E-state index contributed by atoms with van der Waals surface area (Å²) < 4.78 is 26.0. The lowest BCUT2D eigenvalue weighted by molar-refractivity contribution is 0.606. The maximum absolute atomic E-state index is 11.8. The van der Waals surface area contributed by atoms with Crippen molar-refractivity contribution in [2.24, 2.45) is 0 Å². The summed E-state index contributed by atoms with van der Waals surface area (Å²) in [4.78, 5) is 17.8. The van der Waals surface area contributed by atoms with Gasteiger partial charge in [0.2, 0.25) is 10.0 Å². The Bertz CT molecular complexity index is 1350. The molecule has 0 aliphatic rings. The van der Waals surface area contributed by atoms with Crippen molar-refractivity contribution in [1.82, 2.24) is 19.9 Å². The summed E-state index contributed by atoms with van der Waals surface area (Å²) in [5.41, 5.74) is 3.48. The van der Waals surface area contributed by atoms with Crippen LogP contribution in [-0.2, 0) is 10.0 Å². The average Bonchev–Trinajstić information content (AvgIpc) is 2.82. The Morgan fingerprint density at radius 3 is 2.15 bits per heavy atom. The second-order valence-corrected chi connectivity index (χ2v) is 9.18. The number of aromatic nitrogens is 4. The van der Waals surface area contributed by atoms with Crippen LogP contribution in [0.5, 0.6) is 0 Å². The number of pyridine rings is 4. The van der Waals surface area contributed by atoms with Crippen molar-refractivity contribution in [3.63, 3.8) is 0 Å². The van der Waals surface area contributed by atoms with Gasteiger partial charge in [-0.2, -0.15) is 5.26 Å². The zero-order valence-electron chi connectivity index (χ0n) is 17.7. The molecule has 33 heavy (non-hydrogen) atoms. The van der Waals surface area contributed by atoms with Gasteiger partial charge in [0, 0.05) is 36.9 Å². The van der Waals surface area contributed by atoms with E-state index < -0.39 is 15.9 Å². The monoisotopic (exact) mass is 456 g/mol. The molecule has 0 bridgehead atoms. The lowest BCUT2D eigenvalue weighted by Crippen LogP contribution is -2.19. The van der Waals surface area contributed by atoms with Gasteiger partial charge in [-0.05, 0) is 47.5 Å². The fraction of sp³-hybridized carbons (Fsp3) is 0.125. The Labute approximate surface area is 192 Å². The van der Waals surface area contributed by atoms with E-state index in [1.807, 2.05) is 30.3 Å². The topological polar surface area (TPSA) is 122 Å². The quantitative estimate of drug-likeness (QED) is 0.452. The zero-order chi connectivity index (χ0) is 23.3. The average molecular weight is 457 g/mol. The van der Waals surface area contributed by atoms with Crippen molar-refractivity contribution < 1.29 is 8.42 Å². The number of nitrogens with one attached hydrogen (secondary N) is 1. The lowest BCUT2D eigenvalue weighted by atomic mass is 9.77. The number of anilines is 1. The predicted octanol–water partition coefficient (Wildman–Crippen LogP) is 3.47. The van der Waals surface area contributed by atoms with Crippen molar-refractivity contribution in [3.8, 4) is 6.07 Å². The van der Waals surface area contributed by atoms with Crippen LogP contribution in [0, 0.1) is 11.3 Å². The first-order valence-corrected chi connectivity index (χ1v) is 11.9. The first-order valence-electron chi connectivity index (χ1n) is 10.1. The zero-order valence-corrected chi connectivity index (χ0v) is 18.5. The van der Waals surface area contributed by atoms with Crippen LogP contribution >= 0.6 is 0 Å². The first kappa shape index (κ1) is 22.0. The van der Waals surface area contributed by atoms with E-state index in [0.717, 1.165) is 17.4 Å². The van der Waals surface area contributed by atoms with E-state index in [0.29, 0.717) is 17.0 Å². The minimum absolute atomic E-state index is 0.201. The van der Waals surface area contributed by atoms with E-state index in [1.54, 1.807) is 55.2 Å². The fourth-order valence-electron chi connectivity index (χ4n) is 3.75. The van der Waals surface area contributed by atoms with Gasteiger partial charge < -0.3 is 0 Å². The lowest BCUT2D eigenvalue weighted by Gasteiger charge is -2.27. The van der Waals surface area contributed by atoms with Gasteiger partial charge in [-0.15, -0.1) is 0 Å². The van der Waals surface area contributed by atoms with Crippen molar-refractivity contribution >= 4 is 15.8 Å². The van der Waals surface area contributed by atoms with Crippen LogP contribution in [0.1, 0.15) is 39.9 Å². The molecule has 4 rings (SSSR count). The van der Waals surface area contributed by atoms with E-state index in [2.05, 4.69) is 30.7 Å². The normalized spacial score (nSPS) is 12.2. The van der Waals surface area contributed by atoms with E-state index in [-0.39, 0.29) is 11.7 Å². The van der Waals surface area contributed by atoms with Crippen LogP contribution in [0.3, 0.4) is 0 Å². The minimum Gasteiger partial charge on any atom is -0.268 e. The molecule has 8 nitrogen and oxygen atoms in total. The molecule has 0 saturated carbocycles. The fourth-order valence-corrected chi connectivity index (χ4v) is 4.24. The highest BCUT2D eigenvalue weighted by Crippen LogP contribution is 2.41. The molecule has 0 amide bonds. The third-order valence-electron chi connectivity index (χ3n) is 5.03. The van der Waals surface area contributed by atoms with E-state index in [9.17, 15) is 13.7 Å². The summed E-state index contributed by atoms with van der Waals surface area (Å²) in [5.74, 6) is -0.546. The molecule has 1 atom stereocenters. The second-order valence-electron chi connectivity index (χ2n) is 7.43. The summed E-state index contributed by atoms with van der Waals surface area (Å²) >= 11 is 0. The van der Waals surface area contributed by atoms with Crippen molar-refractivity contribution in [2.75, 3.05) is 11.0 Å². The number of hydrogen-bond donors (Lipinski definition) is 1. The van der Waals surface area contributed by atoms with Gasteiger partial charge in [0.1, 0.15) is 5.82 Å². The minimum atomic E-state index is -3.51. The van der Waals surface area contributed by atoms with Crippen LogP contribution in [0.25, 0.3) is 0 Å². The Morgan fingerprint density at radius 2 is 1.58 bits per heavy atom. The van der Waals surface area contributed by atoms with Gasteiger partial charge in [0.05, 0.1) is 35.2 Å². The second kappa shape index (κ2) is 9.54. The Hall–Kier alpha value is -4.16. The molecule has 0 spiro atoms. The SMILES string of the molecule is CS(=O)(=O)Nc1cccc(C(c2cc(C#N)ccn2)C(c2cccnc2)c2cccnc2)n1. The van der Waals surface area contributed by atoms with Crippen LogP contribution in [0.2, 0.25) is 0 Å². The number of nitrogens with zero attached hydrogens (tertiary/aromatic N) is 5. The number of nitriles is 1. The maximum atomic E-state index is 11.8. The van der Waals surface area contributed by atoms with Gasteiger partial charge in [0.25, 0.3) is 0 Å². The number of hydrogen-bond acceptors (Lipinski definition) is 7. The maximum Gasteiger partial charge on any atom is 0.230 e. The molecule has 0 saturated heterocycles. The number of sulfonamides is 1. The predicted molar refractivity (Wildman–Crippen MR) is 124 cm³/mol. The molecule has 4 aromatic heterocycles. The Kier molecular flexibility index (Phi) is 6.38. The van der Waals surface area contributed by atoms with Crippen LogP contribution in [-0.4, -0.2) is 34.6 Å². The van der Waals surface area contributed by atoms with Crippen molar-refractivity contribution in [2.45, 2.75) is 11.8 Å². The van der Waals surface area contributed by atoms with Crippen molar-refractivity contribution in [3.05, 3.63) is 114 Å². The summed E-state index contributed by atoms with van der Waals surface area (Å²) in [6.45, 7) is 0. The molecule has 164 valence electrons. The van der Waals surface area contributed by atoms with Crippen LogP contribution in [0.4, 0.5) is 5.82 Å². The largest absolute Gasteiger partial charge is 0.268 e. The summed E-state index contributed by atoms with van der Waals surface area (Å²) in [6, 6.07) is 18.3. The molecule has 4 heterocycles. The summed E-state index contributed by atoms with van der Waals surface area (Å²) in [5, 5.41) is 9.47. The highest BCUT2D eigenvalue weighted by molar-refractivity contribution is 7.92. The Balaban J connectivity index is 1.95. The molecule has 1 unspecified atom stereocenters. The van der Waals surface area contributed by atoms with Gasteiger partial charge in [-0.1, -0.05) is 18.2 Å². The third-order valence-corrected chi connectivity index (χ3v) is 5.61. The highest BCUT2D eigenvalue weighted by atomic mass is 32.2. The summed E-state index contributed by atoms with van der Waals surface area (Å²) in [7, 11) is -3.51. The van der Waals surface area contributed by atoms with E-state index in [4.69, 9.17) is 0 Å². The molecule has 0 radical (unpaired) electrons. The number of rotatable bonds is 7. The molecule has 9 heteroatoms. The molecule has 0 fully saturated rings. The van der Waals surface area contributed by atoms with Crippen molar-refractivity contribution in [1.29, 1.82) is 5.26 Å². The van der Waals surface area contributed by atoms with E-state index in [1.165, 1.54) is 0 Å². The smallest absolute Gasteiger partial charge is 0.230 e. The van der Waals surface area contributed by atoms with Gasteiger partial charge in [0.15, 0.2) is 0 Å². The van der Waals surface area contributed by atoms with Crippen LogP contribution in [0.15, 0.2) is 85.6 Å². The highest BCUT2D eigenvalue weighted by Gasteiger charge is 2.31. The summed E-state index contributed by atoms with van der Waals surface area (Å²) in [6.07, 6.45) is 9.60. The molecule has 1 N–H and O–H groups in total. The standard InChI is InChI=1S/C24H20N6O2S/c1-33(31,32)30-22-8-2-7-20(29-22)24(21-13-17(14-25)9-12-28-21)23(18-5-3-10-26-15-18)19-6-4-11-27-16-19/h2-13,15-16,23-24H,1H3,(H,29,30). The molecular weight excluding hydrogens is 436 g/mol. The first-order chi connectivity index (χ1) is 15.9. The molecular formula is C24H20N6O2S. The van der Waals surface area contributed by atoms with Gasteiger partial charge >= 0.3 is 0 Å². The van der Waals surface area contributed by atoms with Gasteiger partial charge in [-0.3, -0.25) is 19.7 Å². The molecule has 0 aromatic carbocycles. The molecule has 0 aliphatic heterocycles. The van der Waals surface area contributed by atoms with E-state index >= 15 is 0 Å².